The van der Waals surface area contributed by atoms with Crippen molar-refractivity contribution in [2.24, 2.45) is 0 Å². The molecule has 28 heavy (non-hydrogen) atoms. The smallest absolute Gasteiger partial charge is 0.274 e. The van der Waals surface area contributed by atoms with Gasteiger partial charge >= 0.3 is 0 Å². The summed E-state index contributed by atoms with van der Waals surface area (Å²) in [6.45, 7) is 1.34. The predicted octanol–water partition coefficient (Wildman–Crippen LogP) is 4.20. The predicted molar refractivity (Wildman–Crippen MR) is 111 cm³/mol. The summed E-state index contributed by atoms with van der Waals surface area (Å²) in [5.41, 5.74) is 3.28. The molecule has 1 amide bonds. The molecular formula is C23H25N3O2. The van der Waals surface area contributed by atoms with Gasteiger partial charge in [-0.25, -0.2) is 0 Å². The first-order valence-electron chi connectivity index (χ1n) is 9.39. The van der Waals surface area contributed by atoms with Crippen molar-refractivity contribution in [3.8, 4) is 0 Å². The van der Waals surface area contributed by atoms with Crippen LogP contribution in [0.3, 0.4) is 0 Å². The van der Waals surface area contributed by atoms with E-state index < -0.39 is 0 Å². The van der Waals surface area contributed by atoms with E-state index in [9.17, 15) is 4.79 Å². The highest BCUT2D eigenvalue weighted by Gasteiger charge is 2.12. The lowest BCUT2D eigenvalue weighted by Gasteiger charge is -2.19. The van der Waals surface area contributed by atoms with E-state index in [0.717, 1.165) is 29.8 Å². The molecule has 5 heteroatoms. The largest absolute Gasteiger partial charge is 0.369 e. The first kappa shape index (κ1) is 19.7. The van der Waals surface area contributed by atoms with Crippen LogP contribution in [0.5, 0.6) is 0 Å². The molecule has 0 aliphatic carbocycles. The number of rotatable bonds is 9. The summed E-state index contributed by atoms with van der Waals surface area (Å²) >= 11 is 0. The van der Waals surface area contributed by atoms with Gasteiger partial charge in [0.25, 0.3) is 5.91 Å². The Morgan fingerprint density at radius 1 is 1.04 bits per heavy atom. The number of hydrogen-bond donors (Lipinski definition) is 2. The normalized spacial score (nSPS) is 11.8. The van der Waals surface area contributed by atoms with Gasteiger partial charge in [-0.05, 0) is 55.4 Å². The lowest BCUT2D eigenvalue weighted by Crippen LogP contribution is -2.15. The molecule has 0 bridgehead atoms. The number of aromatic nitrogens is 1. The minimum atomic E-state index is -0.227. The van der Waals surface area contributed by atoms with Crippen molar-refractivity contribution in [3.63, 3.8) is 0 Å². The van der Waals surface area contributed by atoms with Crippen LogP contribution in [0.2, 0.25) is 0 Å². The van der Waals surface area contributed by atoms with Crippen molar-refractivity contribution >= 4 is 11.6 Å². The zero-order valence-corrected chi connectivity index (χ0v) is 16.0. The molecule has 0 aliphatic heterocycles. The number of ether oxygens (including phenoxy) is 1. The van der Waals surface area contributed by atoms with Gasteiger partial charge in [-0.2, -0.15) is 0 Å². The van der Waals surface area contributed by atoms with Gasteiger partial charge in [0.1, 0.15) is 5.69 Å². The van der Waals surface area contributed by atoms with E-state index in [2.05, 4.69) is 27.8 Å². The number of nitrogens with one attached hydrogen (secondary N) is 2. The Morgan fingerprint density at radius 3 is 2.61 bits per heavy atom. The fraction of sp³-hybridized carbons (Fsp3) is 0.217. The number of anilines is 1. The second-order valence-corrected chi connectivity index (χ2v) is 6.47. The molecule has 2 N–H and O–H groups in total. The van der Waals surface area contributed by atoms with E-state index in [-0.39, 0.29) is 12.0 Å². The van der Waals surface area contributed by atoms with Gasteiger partial charge in [0.05, 0.1) is 12.7 Å². The average molecular weight is 375 g/mol. The molecule has 0 saturated carbocycles. The summed E-state index contributed by atoms with van der Waals surface area (Å²) in [5.74, 6) is -0.227. The molecule has 1 atom stereocenters. The van der Waals surface area contributed by atoms with E-state index >= 15 is 0 Å². The van der Waals surface area contributed by atoms with Crippen LogP contribution in [-0.4, -0.2) is 24.5 Å². The fourth-order valence-corrected chi connectivity index (χ4v) is 2.92. The van der Waals surface area contributed by atoms with Crippen LogP contribution in [0.1, 0.15) is 34.1 Å². The number of nitrogens with zero attached hydrogens (tertiary/aromatic N) is 1. The minimum absolute atomic E-state index is 0.0143. The van der Waals surface area contributed by atoms with Gasteiger partial charge in [0, 0.05) is 11.9 Å². The number of pyridine rings is 1. The summed E-state index contributed by atoms with van der Waals surface area (Å²) in [4.78, 5) is 16.4. The van der Waals surface area contributed by atoms with Crippen molar-refractivity contribution < 1.29 is 9.53 Å². The van der Waals surface area contributed by atoms with Crippen molar-refractivity contribution in [1.82, 2.24) is 10.3 Å². The molecular weight excluding hydrogens is 350 g/mol. The number of hydrogen-bond acceptors (Lipinski definition) is 4. The molecule has 3 rings (SSSR count). The molecule has 1 unspecified atom stereocenters. The van der Waals surface area contributed by atoms with Crippen molar-refractivity contribution in [3.05, 3.63) is 95.8 Å². The first-order valence-corrected chi connectivity index (χ1v) is 9.39. The summed E-state index contributed by atoms with van der Waals surface area (Å²) < 4.78 is 6.20. The maximum absolute atomic E-state index is 12.3. The Kier molecular flexibility index (Phi) is 7.29. The number of carbonyl (C=O) groups is 1. The molecule has 0 radical (unpaired) electrons. The van der Waals surface area contributed by atoms with Gasteiger partial charge < -0.3 is 15.4 Å². The fourth-order valence-electron chi connectivity index (χ4n) is 2.92. The Bertz CT molecular complexity index is 869. The van der Waals surface area contributed by atoms with Crippen LogP contribution in [0, 0.1) is 0 Å². The van der Waals surface area contributed by atoms with Crippen LogP contribution in [-0.2, 0) is 11.3 Å². The summed E-state index contributed by atoms with van der Waals surface area (Å²) in [6, 6.07) is 23.2. The third kappa shape index (κ3) is 5.74. The molecule has 5 nitrogen and oxygen atoms in total. The average Bonchev–Trinajstić information content (AvgIpc) is 2.75. The quantitative estimate of drug-likeness (QED) is 0.588. The molecule has 0 spiro atoms. The zero-order chi connectivity index (χ0) is 19.6. The molecule has 1 heterocycles. The molecule has 1 aromatic heterocycles. The van der Waals surface area contributed by atoms with Crippen LogP contribution < -0.4 is 10.6 Å². The van der Waals surface area contributed by atoms with Crippen LogP contribution in [0.15, 0.2) is 79.0 Å². The van der Waals surface area contributed by atoms with Crippen LogP contribution in [0.25, 0.3) is 0 Å². The Labute approximate surface area is 165 Å². The molecule has 3 aromatic rings. The Balaban J connectivity index is 1.63. The highest BCUT2D eigenvalue weighted by molar-refractivity contribution is 6.02. The highest BCUT2D eigenvalue weighted by atomic mass is 16.5. The van der Waals surface area contributed by atoms with Crippen LogP contribution in [0.4, 0.5) is 5.69 Å². The van der Waals surface area contributed by atoms with Crippen molar-refractivity contribution in [2.45, 2.75) is 19.1 Å². The molecule has 144 valence electrons. The molecule has 0 fully saturated rings. The molecule has 0 saturated heterocycles. The second kappa shape index (κ2) is 10.3. The summed E-state index contributed by atoms with van der Waals surface area (Å²) in [7, 11) is 1.94. The van der Waals surface area contributed by atoms with E-state index in [4.69, 9.17) is 4.74 Å². The first-order chi connectivity index (χ1) is 13.8. The van der Waals surface area contributed by atoms with E-state index in [0.29, 0.717) is 12.3 Å². The lowest BCUT2D eigenvalue weighted by atomic mass is 10.1. The van der Waals surface area contributed by atoms with E-state index in [1.165, 1.54) is 0 Å². The third-order valence-electron chi connectivity index (χ3n) is 4.36. The third-order valence-corrected chi connectivity index (χ3v) is 4.36. The van der Waals surface area contributed by atoms with E-state index in [1.54, 1.807) is 24.4 Å². The standard InChI is InChI=1S/C23H25N3O2/c1-24-15-13-22(19-9-3-2-4-10-19)28-17-18-8-7-11-20(16-18)26-23(27)21-12-5-6-14-25-21/h2-12,14,16,22,24H,13,15,17H2,1H3,(H,26,27). The van der Waals surface area contributed by atoms with Crippen molar-refractivity contribution in [1.29, 1.82) is 0 Å². The minimum Gasteiger partial charge on any atom is -0.369 e. The van der Waals surface area contributed by atoms with Gasteiger partial charge in [0.15, 0.2) is 0 Å². The second-order valence-electron chi connectivity index (χ2n) is 6.47. The number of amides is 1. The Morgan fingerprint density at radius 2 is 1.86 bits per heavy atom. The van der Waals surface area contributed by atoms with Gasteiger partial charge in [0.2, 0.25) is 0 Å². The maximum atomic E-state index is 12.3. The lowest BCUT2D eigenvalue weighted by molar-refractivity contribution is 0.0344. The molecule has 0 aliphatic rings. The highest BCUT2D eigenvalue weighted by Crippen LogP contribution is 2.23. The monoisotopic (exact) mass is 375 g/mol. The topological polar surface area (TPSA) is 63.2 Å². The van der Waals surface area contributed by atoms with Gasteiger partial charge in [-0.3, -0.25) is 9.78 Å². The number of benzene rings is 2. The van der Waals surface area contributed by atoms with Crippen molar-refractivity contribution in [2.75, 3.05) is 18.9 Å². The molecule has 2 aromatic carbocycles. The number of carbonyl (C=O) groups excluding carboxylic acids is 1. The maximum Gasteiger partial charge on any atom is 0.274 e. The zero-order valence-electron chi connectivity index (χ0n) is 16.0. The summed E-state index contributed by atoms with van der Waals surface area (Å²) in [6.07, 6.45) is 2.51. The summed E-state index contributed by atoms with van der Waals surface area (Å²) in [5, 5.41) is 6.06. The van der Waals surface area contributed by atoms with Gasteiger partial charge in [-0.1, -0.05) is 48.5 Å². The van der Waals surface area contributed by atoms with Crippen LogP contribution >= 0.6 is 0 Å². The Hall–Kier alpha value is -3.02. The SMILES string of the molecule is CNCCC(OCc1cccc(NC(=O)c2ccccn2)c1)c1ccccc1. The van der Waals surface area contributed by atoms with Gasteiger partial charge in [-0.15, -0.1) is 0 Å². The van der Waals surface area contributed by atoms with E-state index in [1.807, 2.05) is 49.5 Å².